The van der Waals surface area contributed by atoms with Crippen LogP contribution in [0.2, 0.25) is 0 Å². The van der Waals surface area contributed by atoms with E-state index in [0.29, 0.717) is 17.7 Å². The molecule has 1 N–H and O–H groups in total. The minimum absolute atomic E-state index is 0.138. The average molecular weight is 322 g/mol. The molecule has 22 heavy (non-hydrogen) atoms. The van der Waals surface area contributed by atoms with Gasteiger partial charge in [0.25, 0.3) is 0 Å². The Morgan fingerprint density at radius 2 is 2.18 bits per heavy atom. The normalized spacial score (nSPS) is 26.8. The lowest BCUT2D eigenvalue weighted by molar-refractivity contribution is -0.119. The number of hydrogen-bond donors (Lipinski definition) is 1. The molecular weight excluding hydrogens is 296 g/mol. The molecule has 1 aromatic heterocycles. The molecule has 0 unspecified atom stereocenters. The van der Waals surface area contributed by atoms with Crippen molar-refractivity contribution >= 4 is 17.7 Å². The van der Waals surface area contributed by atoms with Crippen molar-refractivity contribution in [2.24, 2.45) is 11.8 Å². The number of nitrogens with zero attached hydrogens (tertiary/aromatic N) is 3. The van der Waals surface area contributed by atoms with Gasteiger partial charge in [-0.3, -0.25) is 4.79 Å². The summed E-state index contributed by atoms with van der Waals surface area (Å²) in [7, 11) is 0. The van der Waals surface area contributed by atoms with E-state index in [-0.39, 0.29) is 5.91 Å². The zero-order valence-corrected chi connectivity index (χ0v) is 14.5. The Hall–Kier alpha value is -1.04. The highest BCUT2D eigenvalue weighted by atomic mass is 32.2. The van der Waals surface area contributed by atoms with E-state index in [4.69, 9.17) is 0 Å². The first kappa shape index (κ1) is 15.8. The van der Waals surface area contributed by atoms with Gasteiger partial charge in [0.1, 0.15) is 5.82 Å². The van der Waals surface area contributed by atoms with Gasteiger partial charge >= 0.3 is 0 Å². The van der Waals surface area contributed by atoms with E-state index in [2.05, 4.69) is 40.9 Å². The zero-order chi connectivity index (χ0) is 15.7. The summed E-state index contributed by atoms with van der Waals surface area (Å²) in [5.41, 5.74) is 0. The molecule has 2 fully saturated rings. The number of rotatable bonds is 6. The molecule has 3 atom stereocenters. The number of nitrogens with one attached hydrogen (secondary N) is 1. The Morgan fingerprint density at radius 3 is 2.77 bits per heavy atom. The first-order valence-corrected chi connectivity index (χ1v) is 9.42. The smallest absolute Gasteiger partial charge is 0.230 e. The number of aromatic nitrogens is 3. The fourth-order valence-electron chi connectivity index (χ4n) is 3.93. The summed E-state index contributed by atoms with van der Waals surface area (Å²) >= 11 is 1.50. The molecule has 5 nitrogen and oxygen atoms in total. The molecule has 122 valence electrons. The molecule has 6 heteroatoms. The van der Waals surface area contributed by atoms with Crippen LogP contribution in [0.3, 0.4) is 0 Å². The van der Waals surface area contributed by atoms with Crippen LogP contribution in [0, 0.1) is 11.8 Å². The topological polar surface area (TPSA) is 59.8 Å². The first-order chi connectivity index (χ1) is 10.6. The Kier molecular flexibility index (Phi) is 4.76. The van der Waals surface area contributed by atoms with Crippen LogP contribution in [0.15, 0.2) is 5.16 Å². The van der Waals surface area contributed by atoms with E-state index in [1.165, 1.54) is 37.4 Å². The van der Waals surface area contributed by atoms with Crippen molar-refractivity contribution in [2.75, 3.05) is 5.75 Å². The van der Waals surface area contributed by atoms with E-state index >= 15 is 0 Å². The lowest BCUT2D eigenvalue weighted by atomic mass is 9.95. The third-order valence-corrected chi connectivity index (χ3v) is 5.96. The molecule has 2 bridgehead atoms. The molecule has 2 saturated carbocycles. The Morgan fingerprint density at radius 1 is 1.36 bits per heavy atom. The highest BCUT2D eigenvalue weighted by molar-refractivity contribution is 7.99. The number of fused-ring (bicyclic) bond motifs is 2. The van der Waals surface area contributed by atoms with Crippen LogP contribution >= 0.6 is 11.8 Å². The van der Waals surface area contributed by atoms with E-state index in [0.717, 1.165) is 29.4 Å². The maximum absolute atomic E-state index is 12.2. The summed E-state index contributed by atoms with van der Waals surface area (Å²) in [5.74, 6) is 3.51. The van der Waals surface area contributed by atoms with Gasteiger partial charge in [0.15, 0.2) is 5.16 Å². The van der Waals surface area contributed by atoms with Crippen LogP contribution in [-0.2, 0) is 11.3 Å². The quantitative estimate of drug-likeness (QED) is 0.818. The average Bonchev–Trinajstić information content (AvgIpc) is 3.19. The SMILES string of the molecule is CCn1c(SCC(=O)N[C@@H]2C[C@H]3CC[C@H]2C3)nnc1C(C)C. The van der Waals surface area contributed by atoms with Crippen LogP contribution in [0.5, 0.6) is 0 Å². The molecule has 3 rings (SSSR count). The first-order valence-electron chi connectivity index (χ1n) is 8.43. The number of thioether (sulfide) groups is 1. The van der Waals surface area contributed by atoms with Crippen LogP contribution in [-0.4, -0.2) is 32.5 Å². The minimum atomic E-state index is 0.138. The maximum Gasteiger partial charge on any atom is 0.230 e. The summed E-state index contributed by atoms with van der Waals surface area (Å²) in [5, 5.41) is 12.6. The summed E-state index contributed by atoms with van der Waals surface area (Å²) in [6, 6.07) is 0.419. The van der Waals surface area contributed by atoms with Crippen LogP contribution in [0.1, 0.15) is 58.2 Å². The van der Waals surface area contributed by atoms with Crippen molar-refractivity contribution < 1.29 is 4.79 Å². The predicted molar refractivity (Wildman–Crippen MR) is 87.9 cm³/mol. The summed E-state index contributed by atoms with van der Waals surface area (Å²) < 4.78 is 2.11. The van der Waals surface area contributed by atoms with Gasteiger partial charge in [-0.2, -0.15) is 0 Å². The van der Waals surface area contributed by atoms with E-state index in [9.17, 15) is 4.79 Å². The van der Waals surface area contributed by atoms with Gasteiger partial charge < -0.3 is 9.88 Å². The van der Waals surface area contributed by atoms with E-state index < -0.39 is 0 Å². The number of carbonyl (C=O) groups excluding carboxylic acids is 1. The lowest BCUT2D eigenvalue weighted by Gasteiger charge is -2.22. The highest BCUT2D eigenvalue weighted by Crippen LogP contribution is 2.44. The molecule has 2 aliphatic carbocycles. The van der Waals surface area contributed by atoms with Gasteiger partial charge in [0.2, 0.25) is 5.91 Å². The van der Waals surface area contributed by atoms with Crippen molar-refractivity contribution in [1.29, 1.82) is 0 Å². The molecule has 0 aromatic carbocycles. The van der Waals surface area contributed by atoms with Crippen molar-refractivity contribution in [3.8, 4) is 0 Å². The van der Waals surface area contributed by atoms with Crippen molar-refractivity contribution in [3.63, 3.8) is 0 Å². The Labute approximate surface area is 136 Å². The fourth-order valence-corrected chi connectivity index (χ4v) is 4.75. The monoisotopic (exact) mass is 322 g/mol. The van der Waals surface area contributed by atoms with E-state index in [1.807, 2.05) is 0 Å². The van der Waals surface area contributed by atoms with E-state index in [1.54, 1.807) is 0 Å². The molecule has 0 radical (unpaired) electrons. The molecule has 1 amide bonds. The predicted octanol–water partition coefficient (Wildman–Crippen LogP) is 2.82. The maximum atomic E-state index is 12.2. The second-order valence-electron chi connectivity index (χ2n) is 6.88. The van der Waals surface area contributed by atoms with Gasteiger partial charge in [-0.15, -0.1) is 10.2 Å². The zero-order valence-electron chi connectivity index (χ0n) is 13.7. The lowest BCUT2D eigenvalue weighted by Crippen LogP contribution is -2.39. The van der Waals surface area contributed by atoms with Crippen LogP contribution in [0.4, 0.5) is 0 Å². The largest absolute Gasteiger partial charge is 0.352 e. The Balaban J connectivity index is 1.53. The van der Waals surface area contributed by atoms with Gasteiger partial charge in [0.05, 0.1) is 5.75 Å². The highest BCUT2D eigenvalue weighted by Gasteiger charge is 2.40. The number of amides is 1. The molecule has 0 spiro atoms. The molecule has 2 aliphatic rings. The molecule has 1 aromatic rings. The summed E-state index contributed by atoms with van der Waals surface area (Å²) in [6.45, 7) is 7.17. The third-order valence-electron chi connectivity index (χ3n) is 4.99. The van der Waals surface area contributed by atoms with Crippen LogP contribution in [0.25, 0.3) is 0 Å². The van der Waals surface area contributed by atoms with Gasteiger partial charge in [-0.05, 0) is 38.0 Å². The molecule has 0 aliphatic heterocycles. The van der Waals surface area contributed by atoms with Crippen molar-refractivity contribution in [1.82, 2.24) is 20.1 Å². The third kappa shape index (κ3) is 3.16. The minimum Gasteiger partial charge on any atom is -0.352 e. The number of hydrogen-bond acceptors (Lipinski definition) is 4. The second-order valence-corrected chi connectivity index (χ2v) is 7.82. The summed E-state index contributed by atoms with van der Waals surface area (Å²) in [6.07, 6.45) is 5.16. The fraction of sp³-hybridized carbons (Fsp3) is 0.812. The van der Waals surface area contributed by atoms with Crippen LogP contribution < -0.4 is 5.32 Å². The van der Waals surface area contributed by atoms with Gasteiger partial charge in [0, 0.05) is 18.5 Å². The van der Waals surface area contributed by atoms with Crippen molar-refractivity contribution in [2.45, 2.75) is 70.1 Å². The molecule has 0 saturated heterocycles. The number of carbonyl (C=O) groups is 1. The summed E-state index contributed by atoms with van der Waals surface area (Å²) in [4.78, 5) is 12.2. The van der Waals surface area contributed by atoms with Gasteiger partial charge in [-0.1, -0.05) is 32.0 Å². The second kappa shape index (κ2) is 6.60. The molecular formula is C16H26N4OS. The molecule has 1 heterocycles. The Bertz CT molecular complexity index is 542. The standard InChI is InChI=1S/C16H26N4OS/c1-4-20-15(10(2)3)18-19-16(20)22-9-14(21)17-13-8-11-5-6-12(13)7-11/h10-13H,4-9H2,1-3H3,(H,17,21)/t11-,12-,13+/m0/s1. The van der Waals surface area contributed by atoms with Gasteiger partial charge in [-0.25, -0.2) is 0 Å². The van der Waals surface area contributed by atoms with Crippen molar-refractivity contribution in [3.05, 3.63) is 5.82 Å².